The molecule has 0 aromatic rings. The van der Waals surface area contributed by atoms with Crippen molar-refractivity contribution in [3.8, 4) is 0 Å². The molecule has 0 saturated carbocycles. The summed E-state index contributed by atoms with van der Waals surface area (Å²) >= 11 is 0. The highest BCUT2D eigenvalue weighted by Crippen LogP contribution is 2.26. The van der Waals surface area contributed by atoms with E-state index in [1.165, 1.54) is 161 Å². The number of hydrogen-bond donors (Lipinski definition) is 6. The highest BCUT2D eigenvalue weighted by atomic mass is 16.2. The van der Waals surface area contributed by atoms with Gasteiger partial charge in [-0.05, 0) is 77.6 Å². The van der Waals surface area contributed by atoms with Crippen LogP contribution in [0.15, 0.2) is 0 Å². The molecule has 24 heteroatoms. The van der Waals surface area contributed by atoms with Gasteiger partial charge in [-0.2, -0.15) is 0 Å². The van der Waals surface area contributed by atoms with E-state index in [0.29, 0.717) is 84.3 Å². The molecule has 0 aromatic heterocycles. The van der Waals surface area contributed by atoms with Crippen LogP contribution in [-0.4, -0.2) is 218 Å². The maximum absolute atomic E-state index is 12.1. The second kappa shape index (κ2) is 78.7. The van der Waals surface area contributed by atoms with E-state index in [1.54, 1.807) is 9.80 Å². The van der Waals surface area contributed by atoms with Crippen LogP contribution < -0.4 is 31.9 Å². The number of carbonyl (C=O) groups is 12. The van der Waals surface area contributed by atoms with E-state index in [4.69, 9.17) is 0 Å². The first-order valence-corrected chi connectivity index (χ1v) is 51.9. The highest BCUT2D eigenvalue weighted by Gasteiger charge is 2.39. The van der Waals surface area contributed by atoms with E-state index >= 15 is 0 Å². The van der Waals surface area contributed by atoms with E-state index in [1.807, 2.05) is 33.4 Å². The lowest BCUT2D eigenvalue weighted by Gasteiger charge is -2.16. The first kappa shape index (κ1) is 117. The molecule has 6 saturated heterocycles. The largest absolute Gasteiger partial charge is 0.356 e. The Labute approximate surface area is 762 Å². The zero-order chi connectivity index (χ0) is 92.3. The topological polar surface area (TPSA) is 296 Å². The molecule has 726 valence electrons. The van der Waals surface area contributed by atoms with Crippen LogP contribution in [0.4, 0.5) is 0 Å². The van der Waals surface area contributed by atoms with Gasteiger partial charge in [0.25, 0.3) is 0 Å². The number of rotatable bonds is 65. The zero-order valence-electron chi connectivity index (χ0n) is 82.3. The monoisotopic (exact) mass is 1760 g/mol. The smallest absolute Gasteiger partial charge is 0.225 e. The van der Waals surface area contributed by atoms with Crippen molar-refractivity contribution in [1.82, 2.24) is 61.3 Å². The fourth-order valence-corrected chi connectivity index (χ4v) is 16.7. The summed E-state index contributed by atoms with van der Waals surface area (Å²) in [5, 5.41) is 17.7. The number of hydrogen-bond acceptors (Lipinski definition) is 12. The Hall–Kier alpha value is -6.36. The van der Waals surface area contributed by atoms with E-state index < -0.39 is 0 Å². The lowest BCUT2D eigenvalue weighted by atomic mass is 10.0. The predicted molar refractivity (Wildman–Crippen MR) is 511 cm³/mol. The van der Waals surface area contributed by atoms with Crippen LogP contribution >= 0.6 is 0 Å². The minimum Gasteiger partial charge on any atom is -0.356 e. The Morgan fingerprint density at radius 3 is 0.528 bits per heavy atom. The Morgan fingerprint density at radius 1 is 0.192 bits per heavy atom. The molecule has 6 aliphatic rings. The summed E-state index contributed by atoms with van der Waals surface area (Å²) in [6.07, 6.45) is 59.0. The molecule has 6 unspecified atom stereocenters. The number of unbranched alkanes of at least 4 members (excludes halogenated alkanes) is 36. The Balaban J connectivity index is 0.000000758. The van der Waals surface area contributed by atoms with Crippen LogP contribution in [0.1, 0.15) is 423 Å². The van der Waals surface area contributed by atoms with Crippen LogP contribution in [0.5, 0.6) is 0 Å². The molecular formula is C101H190N12O12. The van der Waals surface area contributed by atoms with E-state index in [0.717, 1.165) is 213 Å². The molecule has 6 N–H and O–H groups in total. The molecular weight excluding hydrogens is 1570 g/mol. The summed E-state index contributed by atoms with van der Waals surface area (Å²) in [6, 6.07) is 0. The Morgan fingerprint density at radius 2 is 0.344 bits per heavy atom. The van der Waals surface area contributed by atoms with Crippen LogP contribution in [-0.2, 0) is 57.5 Å². The third kappa shape index (κ3) is 56.7. The maximum atomic E-state index is 12.1. The molecule has 24 nitrogen and oxygen atoms in total. The van der Waals surface area contributed by atoms with Crippen molar-refractivity contribution in [2.75, 3.05) is 118 Å². The molecule has 0 bridgehead atoms. The summed E-state index contributed by atoms with van der Waals surface area (Å²) in [5.74, 6) is 0.413. The molecule has 6 heterocycles. The average molecular weight is 1760 g/mol. The van der Waals surface area contributed by atoms with Gasteiger partial charge in [0.1, 0.15) is 0 Å². The highest BCUT2D eigenvalue weighted by molar-refractivity contribution is 5.92. The quantitative estimate of drug-likeness (QED) is 0.0310. The summed E-state index contributed by atoms with van der Waals surface area (Å²) in [4.78, 5) is 154. The number of carbonyl (C=O) groups excluding carboxylic acids is 12. The summed E-state index contributed by atoms with van der Waals surface area (Å²) in [6.45, 7) is 38.6. The van der Waals surface area contributed by atoms with Crippen molar-refractivity contribution in [3.05, 3.63) is 0 Å². The molecule has 0 spiro atoms. The summed E-state index contributed by atoms with van der Waals surface area (Å²) in [7, 11) is 0. The van der Waals surface area contributed by atoms with Crippen LogP contribution in [0.2, 0.25) is 0 Å². The lowest BCUT2D eigenvalue weighted by Crippen LogP contribution is -2.33. The minimum atomic E-state index is -0.133. The van der Waals surface area contributed by atoms with Gasteiger partial charge in [0.2, 0.25) is 70.9 Å². The van der Waals surface area contributed by atoms with Crippen molar-refractivity contribution in [3.63, 3.8) is 0 Å². The molecule has 6 fully saturated rings. The van der Waals surface area contributed by atoms with Gasteiger partial charge in [0.15, 0.2) is 0 Å². The summed E-state index contributed by atoms with van der Waals surface area (Å²) in [5.41, 5.74) is 0. The SMILES string of the molecule is CCCCCCCCCCCCCCCCN1CC(C(=O)NCCCC)CC1=O.CCCCCCCCN1CC(C(=O)NCCCCC)CC1=O.CCCCCCCN1CC(C(=O)NCCCCC)CC1=O.CCCCCCN1CC(C(=O)NCCCCC)CC1=O.CCCCCNC(=O)C1CC(=O)N(CC)C1.CCCCCNC(=O)C1CC(=O)N(CCC)C1. The van der Waals surface area contributed by atoms with Gasteiger partial charge in [-0.15, -0.1) is 0 Å². The second-order valence-electron chi connectivity index (χ2n) is 36.5. The molecule has 0 aromatic carbocycles. The van der Waals surface area contributed by atoms with Crippen LogP contribution in [0.3, 0.4) is 0 Å². The molecule has 125 heavy (non-hydrogen) atoms. The first-order valence-electron chi connectivity index (χ1n) is 51.9. The van der Waals surface area contributed by atoms with Crippen molar-refractivity contribution in [1.29, 1.82) is 0 Å². The first-order chi connectivity index (χ1) is 60.6. The fourth-order valence-electron chi connectivity index (χ4n) is 16.7. The molecule has 0 aliphatic carbocycles. The van der Waals surface area contributed by atoms with E-state index in [2.05, 4.69) is 101 Å². The number of likely N-dealkylation sites (tertiary alicyclic amines) is 6. The molecule has 6 atom stereocenters. The van der Waals surface area contributed by atoms with Gasteiger partial charge >= 0.3 is 0 Å². The van der Waals surface area contributed by atoms with Gasteiger partial charge in [0, 0.05) is 156 Å². The van der Waals surface area contributed by atoms with Gasteiger partial charge in [-0.25, -0.2) is 0 Å². The minimum absolute atomic E-state index is 0.0420. The molecule has 0 radical (unpaired) electrons. The predicted octanol–water partition coefficient (Wildman–Crippen LogP) is 18.3. The van der Waals surface area contributed by atoms with Crippen LogP contribution in [0, 0.1) is 35.5 Å². The summed E-state index contributed by atoms with van der Waals surface area (Å²) < 4.78 is 0. The third-order valence-electron chi connectivity index (χ3n) is 25.0. The Bertz CT molecular complexity index is 2850. The Kier molecular flexibility index (Phi) is 73.4. The van der Waals surface area contributed by atoms with E-state index in [-0.39, 0.29) is 106 Å². The third-order valence-corrected chi connectivity index (χ3v) is 25.0. The molecule has 6 aliphatic heterocycles. The molecule has 12 amide bonds. The van der Waals surface area contributed by atoms with Gasteiger partial charge in [-0.3, -0.25) is 57.5 Å². The van der Waals surface area contributed by atoms with Crippen LogP contribution in [0.25, 0.3) is 0 Å². The number of nitrogens with zero attached hydrogens (tertiary/aromatic N) is 6. The van der Waals surface area contributed by atoms with Crippen molar-refractivity contribution >= 4 is 70.9 Å². The van der Waals surface area contributed by atoms with Crippen molar-refractivity contribution < 1.29 is 57.5 Å². The standard InChI is InChI=1S/C25H48N2O2.C18H34N2O2.C17H32N2O2.C16H30N2O2.C13H24N2O2.C12H22N2O2/c1-3-5-7-8-9-10-11-12-13-14-15-16-17-18-20-27-22-23(21-24(27)28)25(29)26-19-6-4-2;1-3-5-7-8-9-11-13-20-15-16(14-17(20)21)18(22)19-12-10-6-4-2;1-3-5-7-8-10-12-19-14-15(13-16(19)20)17(21)18-11-9-6-4-2;1-3-5-7-9-11-18-13-14(12-15(18)19)16(20)17-10-8-6-4-2;1-3-5-6-7-14-13(17)11-9-12(16)15(10-11)8-4-2;1-3-5-6-7-13-12(16)10-8-11(15)14(4-2)9-10/h23H,3-22H2,1-2H3,(H,26,29);16H,3-15H2,1-2H3,(H,19,22);15H,3-14H2,1-2H3,(H,18,21);14H,3-13H2,1-2H3,(H,17,20);11H,3-10H2,1-2H3,(H,14,17);10H,3-9H2,1-2H3,(H,13,16). The van der Waals surface area contributed by atoms with Crippen molar-refractivity contribution in [2.24, 2.45) is 35.5 Å². The maximum Gasteiger partial charge on any atom is 0.225 e. The lowest BCUT2D eigenvalue weighted by molar-refractivity contribution is -0.129. The number of amides is 12. The molecule has 6 rings (SSSR count). The second-order valence-corrected chi connectivity index (χ2v) is 36.5. The van der Waals surface area contributed by atoms with Gasteiger partial charge in [0.05, 0.1) is 35.5 Å². The zero-order valence-corrected chi connectivity index (χ0v) is 82.3. The number of nitrogens with one attached hydrogen (secondary N) is 6. The van der Waals surface area contributed by atoms with Crippen molar-refractivity contribution in [2.45, 2.75) is 423 Å². The average Bonchev–Trinajstić information content (AvgIpc) is 1.75. The van der Waals surface area contributed by atoms with Gasteiger partial charge < -0.3 is 61.3 Å². The fraction of sp³-hybridized carbons (Fsp3) is 0.881. The van der Waals surface area contributed by atoms with Gasteiger partial charge in [-0.1, -0.05) is 307 Å². The van der Waals surface area contributed by atoms with E-state index in [9.17, 15) is 57.5 Å². The normalized spacial score (nSPS) is 18.3.